The molecule has 2 amide bonds. The molecule has 2 heterocycles. The number of amides is 2. The molecule has 2 fully saturated rings. The average Bonchev–Trinajstić information content (AvgIpc) is 2.93. The zero-order chi connectivity index (χ0) is 25.7. The molecule has 0 atom stereocenters. The molecular formula is C30H33ClN2O4. The molecule has 2 saturated heterocycles. The number of hydrogen-bond donors (Lipinski definition) is 0. The van der Waals surface area contributed by atoms with Crippen LogP contribution in [0.2, 0.25) is 5.02 Å². The Kier molecular flexibility index (Phi) is 7.96. The molecule has 0 spiro atoms. The second kappa shape index (κ2) is 11.5. The maximum Gasteiger partial charge on any atom is 0.226 e. The topological polar surface area (TPSA) is 59.1 Å². The molecule has 37 heavy (non-hydrogen) atoms. The van der Waals surface area contributed by atoms with Crippen molar-refractivity contribution in [2.24, 2.45) is 5.41 Å². The van der Waals surface area contributed by atoms with Crippen molar-refractivity contribution in [2.75, 3.05) is 46.0 Å². The summed E-state index contributed by atoms with van der Waals surface area (Å²) in [6, 6.07) is 21.7. The number of carbonyl (C=O) groups is 2. The van der Waals surface area contributed by atoms with Crippen LogP contribution in [0.5, 0.6) is 5.75 Å². The summed E-state index contributed by atoms with van der Waals surface area (Å²) in [5, 5.41) is 2.97. The highest BCUT2D eigenvalue weighted by atomic mass is 35.5. The lowest BCUT2D eigenvalue weighted by atomic mass is 9.75. The minimum atomic E-state index is -0.325. The molecule has 6 nitrogen and oxygen atoms in total. The second-order valence-corrected chi connectivity index (χ2v) is 10.6. The second-order valence-electron chi connectivity index (χ2n) is 10.2. The van der Waals surface area contributed by atoms with Crippen LogP contribution in [0.25, 0.3) is 10.8 Å². The Balaban J connectivity index is 1.24. The molecular weight excluding hydrogens is 488 g/mol. The van der Waals surface area contributed by atoms with Gasteiger partial charge >= 0.3 is 0 Å². The lowest BCUT2D eigenvalue weighted by molar-refractivity contribution is -0.140. The van der Waals surface area contributed by atoms with Crippen LogP contribution in [0, 0.1) is 5.41 Å². The minimum absolute atomic E-state index is 0.127. The standard InChI is InChI=1S/C30H33ClN2O4/c31-26-7-9-27(10-8-26)37-22-30(21-29(35)33-15-17-36-18-16-33)11-13-32(14-12-30)28(34)20-23-5-6-24-3-1-2-4-25(24)19-23/h1-10,19H,11-18,20-22H2. The number of piperidine rings is 1. The number of benzene rings is 3. The van der Waals surface area contributed by atoms with Gasteiger partial charge in [-0.3, -0.25) is 9.59 Å². The van der Waals surface area contributed by atoms with Crippen molar-refractivity contribution in [2.45, 2.75) is 25.7 Å². The van der Waals surface area contributed by atoms with E-state index in [4.69, 9.17) is 21.1 Å². The Bertz CT molecular complexity index is 1230. The van der Waals surface area contributed by atoms with E-state index in [0.717, 1.165) is 29.5 Å². The van der Waals surface area contributed by atoms with Crippen LogP contribution in [0.15, 0.2) is 66.7 Å². The van der Waals surface area contributed by atoms with Crippen LogP contribution >= 0.6 is 11.6 Å². The third-order valence-corrected chi connectivity index (χ3v) is 7.85. The lowest BCUT2D eigenvalue weighted by Gasteiger charge is -2.42. The van der Waals surface area contributed by atoms with E-state index >= 15 is 0 Å². The van der Waals surface area contributed by atoms with E-state index in [1.54, 1.807) is 12.1 Å². The Hall–Kier alpha value is -3.09. The lowest BCUT2D eigenvalue weighted by Crippen LogP contribution is -2.49. The van der Waals surface area contributed by atoms with Crippen molar-refractivity contribution in [3.8, 4) is 5.75 Å². The first kappa shape index (κ1) is 25.6. The van der Waals surface area contributed by atoms with Crippen LogP contribution in [-0.2, 0) is 20.7 Å². The molecule has 0 bridgehead atoms. The third-order valence-electron chi connectivity index (χ3n) is 7.59. The third kappa shape index (κ3) is 6.43. The SMILES string of the molecule is O=C(Cc1ccc2ccccc2c1)N1CCC(COc2ccc(Cl)cc2)(CC(=O)N2CCOCC2)CC1. The average molecular weight is 521 g/mol. The Morgan fingerprint density at radius 2 is 1.51 bits per heavy atom. The van der Waals surface area contributed by atoms with Gasteiger partial charge in [-0.05, 0) is 53.4 Å². The molecule has 3 aromatic rings. The number of nitrogens with zero attached hydrogens (tertiary/aromatic N) is 2. The minimum Gasteiger partial charge on any atom is -0.493 e. The molecule has 194 valence electrons. The summed E-state index contributed by atoms with van der Waals surface area (Å²) in [7, 11) is 0. The summed E-state index contributed by atoms with van der Waals surface area (Å²) >= 11 is 6.02. The summed E-state index contributed by atoms with van der Waals surface area (Å²) in [6.07, 6.45) is 2.24. The van der Waals surface area contributed by atoms with Crippen molar-refractivity contribution >= 4 is 34.2 Å². The van der Waals surface area contributed by atoms with Gasteiger partial charge in [-0.2, -0.15) is 0 Å². The molecule has 0 aromatic heterocycles. The van der Waals surface area contributed by atoms with Crippen LogP contribution in [-0.4, -0.2) is 67.6 Å². The highest BCUT2D eigenvalue weighted by Gasteiger charge is 2.40. The van der Waals surface area contributed by atoms with Gasteiger partial charge in [0, 0.05) is 43.0 Å². The predicted octanol–water partition coefficient (Wildman–Crippen LogP) is 4.97. The molecule has 7 heteroatoms. The van der Waals surface area contributed by atoms with Crippen molar-refractivity contribution in [3.05, 3.63) is 77.3 Å². The molecule has 2 aliphatic heterocycles. The predicted molar refractivity (Wildman–Crippen MR) is 145 cm³/mol. The van der Waals surface area contributed by atoms with Crippen molar-refractivity contribution in [1.82, 2.24) is 9.80 Å². The van der Waals surface area contributed by atoms with Crippen LogP contribution < -0.4 is 4.74 Å². The van der Waals surface area contributed by atoms with Gasteiger partial charge in [0.15, 0.2) is 0 Å². The van der Waals surface area contributed by atoms with Gasteiger partial charge < -0.3 is 19.3 Å². The molecule has 0 unspecified atom stereocenters. The number of halogens is 1. The fraction of sp³-hybridized carbons (Fsp3) is 0.400. The summed E-state index contributed by atoms with van der Waals surface area (Å²) in [6.45, 7) is 4.08. The fourth-order valence-electron chi connectivity index (χ4n) is 5.25. The normalized spacial score (nSPS) is 17.5. The molecule has 0 radical (unpaired) electrons. The van der Waals surface area contributed by atoms with E-state index in [2.05, 4.69) is 24.3 Å². The largest absolute Gasteiger partial charge is 0.493 e. The van der Waals surface area contributed by atoms with E-state index in [-0.39, 0.29) is 17.2 Å². The van der Waals surface area contributed by atoms with Crippen molar-refractivity contribution in [1.29, 1.82) is 0 Å². The fourth-order valence-corrected chi connectivity index (χ4v) is 5.38. The van der Waals surface area contributed by atoms with Gasteiger partial charge in [0.25, 0.3) is 0 Å². The highest BCUT2D eigenvalue weighted by molar-refractivity contribution is 6.30. The van der Waals surface area contributed by atoms with Crippen LogP contribution in [0.4, 0.5) is 0 Å². The zero-order valence-corrected chi connectivity index (χ0v) is 21.8. The van der Waals surface area contributed by atoms with Crippen molar-refractivity contribution < 1.29 is 19.1 Å². The van der Waals surface area contributed by atoms with Gasteiger partial charge in [0.1, 0.15) is 5.75 Å². The highest BCUT2D eigenvalue weighted by Crippen LogP contribution is 2.37. The first-order valence-electron chi connectivity index (χ1n) is 13.0. The van der Waals surface area contributed by atoms with Gasteiger partial charge in [-0.1, -0.05) is 54.1 Å². The molecule has 5 rings (SSSR count). The Morgan fingerprint density at radius 1 is 0.838 bits per heavy atom. The summed E-state index contributed by atoms with van der Waals surface area (Å²) in [4.78, 5) is 30.2. The van der Waals surface area contributed by atoms with E-state index in [1.807, 2.05) is 40.1 Å². The number of likely N-dealkylation sites (tertiary alicyclic amines) is 1. The van der Waals surface area contributed by atoms with E-state index < -0.39 is 0 Å². The maximum absolute atomic E-state index is 13.2. The number of hydrogen-bond acceptors (Lipinski definition) is 4. The number of carbonyl (C=O) groups excluding carboxylic acids is 2. The summed E-state index contributed by atoms with van der Waals surface area (Å²) in [5.74, 6) is 0.998. The first-order valence-corrected chi connectivity index (χ1v) is 13.4. The van der Waals surface area contributed by atoms with Gasteiger partial charge in [0.05, 0.1) is 26.2 Å². The number of fused-ring (bicyclic) bond motifs is 1. The molecule has 0 aliphatic carbocycles. The Morgan fingerprint density at radius 3 is 2.24 bits per heavy atom. The molecule has 0 N–H and O–H groups in total. The molecule has 2 aliphatic rings. The van der Waals surface area contributed by atoms with Gasteiger partial charge in [-0.15, -0.1) is 0 Å². The maximum atomic E-state index is 13.2. The summed E-state index contributed by atoms with van der Waals surface area (Å²) in [5.41, 5.74) is 0.698. The van der Waals surface area contributed by atoms with Crippen molar-refractivity contribution in [3.63, 3.8) is 0 Å². The first-order chi connectivity index (χ1) is 18.0. The van der Waals surface area contributed by atoms with E-state index in [0.29, 0.717) is 63.9 Å². The quantitative estimate of drug-likeness (QED) is 0.441. The molecule has 3 aromatic carbocycles. The smallest absolute Gasteiger partial charge is 0.226 e. The van der Waals surface area contributed by atoms with Gasteiger partial charge in [0.2, 0.25) is 11.8 Å². The van der Waals surface area contributed by atoms with Gasteiger partial charge in [-0.25, -0.2) is 0 Å². The Labute approximate surface area is 223 Å². The molecule has 0 saturated carbocycles. The number of rotatable bonds is 7. The van der Waals surface area contributed by atoms with Crippen LogP contribution in [0.3, 0.4) is 0 Å². The van der Waals surface area contributed by atoms with E-state index in [9.17, 15) is 9.59 Å². The monoisotopic (exact) mass is 520 g/mol. The zero-order valence-electron chi connectivity index (χ0n) is 21.0. The number of morpholine rings is 1. The number of ether oxygens (including phenoxy) is 2. The van der Waals surface area contributed by atoms with Crippen LogP contribution in [0.1, 0.15) is 24.8 Å². The van der Waals surface area contributed by atoms with E-state index in [1.165, 1.54) is 5.39 Å². The summed E-state index contributed by atoms with van der Waals surface area (Å²) < 4.78 is 11.6.